The molecule has 4 fully saturated rings. The molecule has 0 aromatic carbocycles. The van der Waals surface area contributed by atoms with E-state index in [9.17, 15) is 13.6 Å². The van der Waals surface area contributed by atoms with Gasteiger partial charge in [0, 0.05) is 5.41 Å². The lowest BCUT2D eigenvalue weighted by Gasteiger charge is -2.55. The third kappa shape index (κ3) is 1.91. The van der Waals surface area contributed by atoms with Crippen LogP contribution in [-0.2, 0) is 5.41 Å². The molecule has 0 amide bonds. The number of oxazole rings is 1. The fourth-order valence-corrected chi connectivity index (χ4v) is 5.23. The van der Waals surface area contributed by atoms with Crippen LogP contribution in [0.5, 0.6) is 0 Å². The minimum absolute atomic E-state index is 0.245. The lowest BCUT2D eigenvalue weighted by atomic mass is 9.49. The van der Waals surface area contributed by atoms with Gasteiger partial charge in [0.1, 0.15) is 0 Å². The number of carboxylic acid groups (broad SMARTS) is 1. The molecule has 4 saturated carbocycles. The lowest BCUT2D eigenvalue weighted by Crippen LogP contribution is -2.48. The smallest absolute Gasteiger partial charge is 0.374 e. The Hall–Kier alpha value is -1.46. The van der Waals surface area contributed by atoms with E-state index in [2.05, 4.69) is 4.98 Å². The fourth-order valence-electron chi connectivity index (χ4n) is 5.23. The Labute approximate surface area is 120 Å². The molecule has 4 aliphatic rings. The number of aromatic carboxylic acids is 1. The fraction of sp³-hybridized carbons (Fsp3) is 0.733. The second-order valence-electron chi connectivity index (χ2n) is 7.04. The minimum atomic E-state index is -2.91. The summed E-state index contributed by atoms with van der Waals surface area (Å²) < 4.78 is 31.3. The summed E-state index contributed by atoms with van der Waals surface area (Å²) in [5, 5.41) is 9.04. The van der Waals surface area contributed by atoms with Crippen molar-refractivity contribution in [2.24, 2.45) is 17.8 Å². The number of carbonyl (C=O) groups is 1. The van der Waals surface area contributed by atoms with E-state index in [1.807, 2.05) is 0 Å². The van der Waals surface area contributed by atoms with Crippen LogP contribution in [0.2, 0.25) is 0 Å². The topological polar surface area (TPSA) is 63.3 Å². The molecule has 4 aliphatic carbocycles. The number of alkyl halides is 2. The number of hydrogen-bond acceptors (Lipinski definition) is 3. The molecule has 6 heteroatoms. The largest absolute Gasteiger partial charge is 0.475 e. The molecule has 21 heavy (non-hydrogen) atoms. The zero-order valence-electron chi connectivity index (χ0n) is 11.5. The monoisotopic (exact) mass is 297 g/mol. The Kier molecular flexibility index (Phi) is 2.69. The summed E-state index contributed by atoms with van der Waals surface area (Å²) in [6.07, 6.45) is 3.44. The van der Waals surface area contributed by atoms with Crippen LogP contribution in [0.15, 0.2) is 4.42 Å². The molecule has 114 valence electrons. The molecular weight excluding hydrogens is 280 g/mol. The molecule has 0 spiro atoms. The van der Waals surface area contributed by atoms with Crippen molar-refractivity contribution >= 4 is 5.97 Å². The highest BCUT2D eigenvalue weighted by molar-refractivity contribution is 5.85. The van der Waals surface area contributed by atoms with Crippen LogP contribution in [0, 0.1) is 17.8 Å². The second kappa shape index (κ2) is 4.27. The molecule has 0 unspecified atom stereocenters. The average molecular weight is 297 g/mol. The predicted molar refractivity (Wildman–Crippen MR) is 68.3 cm³/mol. The molecule has 1 N–H and O–H groups in total. The van der Waals surface area contributed by atoms with Crippen LogP contribution in [0.25, 0.3) is 0 Å². The van der Waals surface area contributed by atoms with E-state index in [0.29, 0.717) is 17.8 Å². The maximum Gasteiger partial charge on any atom is 0.374 e. The van der Waals surface area contributed by atoms with Crippen molar-refractivity contribution in [1.82, 2.24) is 4.98 Å². The average Bonchev–Trinajstić information content (AvgIpc) is 2.82. The highest BCUT2D eigenvalue weighted by atomic mass is 19.3. The Morgan fingerprint density at radius 1 is 1.19 bits per heavy atom. The van der Waals surface area contributed by atoms with Crippen LogP contribution < -0.4 is 0 Å². The van der Waals surface area contributed by atoms with E-state index < -0.39 is 23.8 Å². The molecule has 0 aliphatic heterocycles. The SMILES string of the molecule is O=C(O)c1oc(C23CC4CC(CC(C4)C2)C3)nc1C(F)F. The molecular formula is C15H17F2NO3. The van der Waals surface area contributed by atoms with Crippen LogP contribution in [0.3, 0.4) is 0 Å². The van der Waals surface area contributed by atoms with Gasteiger partial charge in [-0.1, -0.05) is 0 Å². The first-order valence-corrected chi connectivity index (χ1v) is 7.49. The number of rotatable bonds is 3. The molecule has 1 heterocycles. The molecule has 4 nitrogen and oxygen atoms in total. The molecule has 4 bridgehead atoms. The van der Waals surface area contributed by atoms with Gasteiger partial charge in [0.15, 0.2) is 5.69 Å². The Bertz CT molecular complexity index is 560. The Morgan fingerprint density at radius 2 is 1.71 bits per heavy atom. The third-order valence-electron chi connectivity index (χ3n) is 5.55. The van der Waals surface area contributed by atoms with Gasteiger partial charge >= 0.3 is 5.97 Å². The quantitative estimate of drug-likeness (QED) is 0.922. The molecule has 1 aromatic heterocycles. The summed E-state index contributed by atoms with van der Waals surface area (Å²) in [6, 6.07) is 0. The van der Waals surface area contributed by atoms with Crippen molar-refractivity contribution in [3.05, 3.63) is 17.3 Å². The van der Waals surface area contributed by atoms with Crippen molar-refractivity contribution in [2.75, 3.05) is 0 Å². The van der Waals surface area contributed by atoms with Gasteiger partial charge in [-0.3, -0.25) is 0 Å². The zero-order chi connectivity index (χ0) is 14.8. The first-order valence-electron chi connectivity index (χ1n) is 7.49. The van der Waals surface area contributed by atoms with Gasteiger partial charge in [-0.05, 0) is 56.3 Å². The summed E-state index contributed by atoms with van der Waals surface area (Å²) in [5.74, 6) is -0.0527. The zero-order valence-corrected chi connectivity index (χ0v) is 11.5. The number of hydrogen-bond donors (Lipinski definition) is 1. The van der Waals surface area contributed by atoms with Gasteiger partial charge in [-0.15, -0.1) is 0 Å². The maximum atomic E-state index is 13.0. The van der Waals surface area contributed by atoms with E-state index in [-0.39, 0.29) is 11.3 Å². The van der Waals surface area contributed by atoms with E-state index in [1.165, 1.54) is 19.3 Å². The number of halogens is 2. The van der Waals surface area contributed by atoms with E-state index in [0.717, 1.165) is 19.3 Å². The second-order valence-corrected chi connectivity index (χ2v) is 7.04. The Balaban J connectivity index is 1.76. The molecule has 0 saturated heterocycles. The lowest BCUT2D eigenvalue weighted by molar-refractivity contribution is -0.0183. The summed E-state index contributed by atoms with van der Waals surface area (Å²) in [5.41, 5.74) is -1.01. The highest BCUT2D eigenvalue weighted by Crippen LogP contribution is 2.60. The normalized spacial score (nSPS) is 37.4. The van der Waals surface area contributed by atoms with Crippen LogP contribution in [0.1, 0.15) is 67.1 Å². The summed E-state index contributed by atoms with van der Waals surface area (Å²) in [6.45, 7) is 0. The van der Waals surface area contributed by atoms with Crippen LogP contribution >= 0.6 is 0 Å². The standard InChI is InChI=1S/C15H17F2NO3/c16-12(17)10-11(13(19)20)21-14(18-10)15-4-7-1-8(5-15)3-9(2-7)6-15/h7-9,12H,1-6H2,(H,19,20). The van der Waals surface area contributed by atoms with Gasteiger partial charge < -0.3 is 9.52 Å². The van der Waals surface area contributed by atoms with E-state index in [4.69, 9.17) is 9.52 Å². The molecule has 0 radical (unpaired) electrons. The summed E-state index contributed by atoms with van der Waals surface area (Å²) in [7, 11) is 0. The first-order chi connectivity index (χ1) is 9.97. The van der Waals surface area contributed by atoms with Gasteiger partial charge in [0.2, 0.25) is 11.7 Å². The number of nitrogens with zero attached hydrogens (tertiary/aromatic N) is 1. The van der Waals surface area contributed by atoms with Gasteiger partial charge in [0.05, 0.1) is 0 Å². The summed E-state index contributed by atoms with van der Waals surface area (Å²) >= 11 is 0. The number of aromatic nitrogens is 1. The predicted octanol–water partition coefficient (Wildman–Crippen LogP) is 3.78. The number of carboxylic acids is 1. The van der Waals surface area contributed by atoms with Gasteiger partial charge in [-0.25, -0.2) is 18.6 Å². The highest BCUT2D eigenvalue weighted by Gasteiger charge is 2.54. The first kappa shape index (κ1) is 13.2. The van der Waals surface area contributed by atoms with Crippen LogP contribution in [-0.4, -0.2) is 16.1 Å². The van der Waals surface area contributed by atoms with Crippen molar-refractivity contribution in [1.29, 1.82) is 0 Å². The van der Waals surface area contributed by atoms with Crippen molar-refractivity contribution in [3.8, 4) is 0 Å². The minimum Gasteiger partial charge on any atom is -0.475 e. The Morgan fingerprint density at radius 3 is 2.10 bits per heavy atom. The van der Waals surface area contributed by atoms with Crippen molar-refractivity contribution < 1.29 is 23.1 Å². The van der Waals surface area contributed by atoms with Gasteiger partial charge in [-0.2, -0.15) is 0 Å². The van der Waals surface area contributed by atoms with Crippen molar-refractivity contribution in [2.45, 2.75) is 50.4 Å². The molecule has 1 aromatic rings. The van der Waals surface area contributed by atoms with Crippen molar-refractivity contribution in [3.63, 3.8) is 0 Å². The molecule has 5 rings (SSSR count). The van der Waals surface area contributed by atoms with Gasteiger partial charge in [0.25, 0.3) is 6.43 Å². The maximum absolute atomic E-state index is 13.0. The summed E-state index contributed by atoms with van der Waals surface area (Å²) in [4.78, 5) is 15.0. The third-order valence-corrected chi connectivity index (χ3v) is 5.55. The van der Waals surface area contributed by atoms with E-state index in [1.54, 1.807) is 0 Å². The molecule has 0 atom stereocenters. The van der Waals surface area contributed by atoms with Crippen LogP contribution in [0.4, 0.5) is 8.78 Å². The van der Waals surface area contributed by atoms with E-state index >= 15 is 0 Å².